The van der Waals surface area contributed by atoms with E-state index in [-0.39, 0.29) is 0 Å². The first-order valence-electron chi connectivity index (χ1n) is 2.39. The first kappa shape index (κ1) is 6.91. The highest BCUT2D eigenvalue weighted by molar-refractivity contribution is 7.80. The summed E-state index contributed by atoms with van der Waals surface area (Å²) in [5, 5.41) is 0. The fourth-order valence-electron chi connectivity index (χ4n) is 0.286. The molecule has 0 unspecified atom stereocenters. The van der Waals surface area contributed by atoms with Gasteiger partial charge in [0.05, 0.1) is 0 Å². The van der Waals surface area contributed by atoms with Gasteiger partial charge in [0, 0.05) is 12.2 Å². The normalized spacial score (nSPS) is 7.14. The van der Waals surface area contributed by atoms with Crippen LogP contribution in [0.1, 0.15) is 19.8 Å². The predicted molar refractivity (Wildman–Crippen MR) is 35.1 cm³/mol. The molecule has 7 heavy (non-hydrogen) atoms. The molecule has 0 heterocycles. The van der Waals surface area contributed by atoms with Crippen molar-refractivity contribution in [2.75, 3.05) is 5.75 Å². The number of unbranched alkanes of at least 4 members (excludes halogenated alkanes) is 1. The van der Waals surface area contributed by atoms with E-state index in [1.807, 2.05) is 6.92 Å². The molecule has 39 valence electrons. The van der Waals surface area contributed by atoms with Gasteiger partial charge in [-0.15, -0.1) is 11.8 Å². The molecule has 0 aromatic rings. The molecule has 1 heteroatoms. The maximum Gasteiger partial charge on any atom is 0.00967 e. The lowest BCUT2D eigenvalue weighted by Crippen LogP contribution is -1.69. The summed E-state index contributed by atoms with van der Waals surface area (Å²) in [7, 11) is 0. The fraction of sp³-hybridized carbons (Fsp3) is 0.667. The Morgan fingerprint density at radius 1 is 1.57 bits per heavy atom. The Morgan fingerprint density at radius 2 is 2.29 bits per heavy atom. The number of rotatable bonds is 2. The van der Waals surface area contributed by atoms with Gasteiger partial charge in [0.1, 0.15) is 0 Å². The van der Waals surface area contributed by atoms with Crippen molar-refractivity contribution in [2.24, 2.45) is 0 Å². The summed E-state index contributed by atoms with van der Waals surface area (Å²) in [4.78, 5) is 0. The van der Waals surface area contributed by atoms with Gasteiger partial charge in [-0.25, -0.2) is 0 Å². The van der Waals surface area contributed by atoms with Gasteiger partial charge in [0.15, 0.2) is 0 Å². The second kappa shape index (κ2) is 5.91. The molecule has 0 bridgehead atoms. The second-order valence-corrected chi connectivity index (χ2v) is 1.64. The van der Waals surface area contributed by atoms with E-state index in [1.165, 1.54) is 0 Å². The molecule has 0 rings (SSSR count). The summed E-state index contributed by atoms with van der Waals surface area (Å²) in [5.41, 5.74) is 0. The van der Waals surface area contributed by atoms with Crippen LogP contribution in [-0.2, 0) is 0 Å². The molecule has 0 nitrogen and oxygen atoms in total. The van der Waals surface area contributed by atoms with Gasteiger partial charge in [-0.3, -0.25) is 0 Å². The molecule has 0 aliphatic heterocycles. The van der Waals surface area contributed by atoms with E-state index in [4.69, 9.17) is 12.6 Å². The van der Waals surface area contributed by atoms with Crippen molar-refractivity contribution in [3.63, 3.8) is 0 Å². The zero-order valence-electron chi connectivity index (χ0n) is 4.53. The molecular weight excluding hydrogens is 104 g/mol. The third kappa shape index (κ3) is 5.91. The Kier molecular flexibility index (Phi) is 5.83. The van der Waals surface area contributed by atoms with Gasteiger partial charge >= 0.3 is 0 Å². The Balaban J connectivity index is 2.78. The van der Waals surface area contributed by atoms with Gasteiger partial charge < -0.3 is 0 Å². The largest absolute Gasteiger partial charge is 0.107 e. The average Bonchev–Trinajstić information content (AvgIpc) is 1.69. The summed E-state index contributed by atoms with van der Waals surface area (Å²) in [6.07, 6.45) is 2.04. The van der Waals surface area contributed by atoms with Crippen molar-refractivity contribution in [1.82, 2.24) is 0 Å². The van der Waals surface area contributed by atoms with Crippen LogP contribution >= 0.6 is 12.6 Å². The topological polar surface area (TPSA) is 0 Å². The van der Waals surface area contributed by atoms with E-state index in [9.17, 15) is 0 Å². The van der Waals surface area contributed by atoms with E-state index in [0.29, 0.717) is 0 Å². The van der Waals surface area contributed by atoms with Crippen molar-refractivity contribution in [3.05, 3.63) is 0 Å². The molecule has 0 atom stereocenters. The van der Waals surface area contributed by atoms with E-state index < -0.39 is 0 Å². The lowest BCUT2D eigenvalue weighted by molar-refractivity contribution is 1.00. The van der Waals surface area contributed by atoms with E-state index in [0.717, 1.165) is 18.6 Å². The predicted octanol–water partition coefficient (Wildman–Crippen LogP) is 1.99. The van der Waals surface area contributed by atoms with Crippen LogP contribution in [0.25, 0.3) is 0 Å². The lowest BCUT2D eigenvalue weighted by Gasteiger charge is -1.79. The van der Waals surface area contributed by atoms with E-state index in [1.54, 1.807) is 0 Å². The molecule has 0 spiro atoms. The zero-order valence-corrected chi connectivity index (χ0v) is 5.35. The molecule has 0 aliphatic rings. The lowest BCUT2D eigenvalue weighted by atomic mass is 10.3. The summed E-state index contributed by atoms with van der Waals surface area (Å²) in [5.74, 6) is 6.58. The Bertz CT molecular complexity index is 75.9. The van der Waals surface area contributed by atoms with Gasteiger partial charge in [-0.2, -0.15) is 0 Å². The van der Waals surface area contributed by atoms with Gasteiger partial charge in [0.25, 0.3) is 0 Å². The highest BCUT2D eigenvalue weighted by Crippen LogP contribution is 1.87. The third-order valence-corrected chi connectivity index (χ3v) is 0.912. The van der Waals surface area contributed by atoms with Crippen LogP contribution in [-0.4, -0.2) is 5.75 Å². The smallest absolute Gasteiger partial charge is 0.00967 e. The highest BCUT2D eigenvalue weighted by Gasteiger charge is 1.74. The minimum absolute atomic E-state index is 0.842. The SMILES string of the molecule is CC#CCCC[S]. The van der Waals surface area contributed by atoms with Gasteiger partial charge in [-0.1, -0.05) is 12.6 Å². The molecule has 0 N–H and O–H groups in total. The van der Waals surface area contributed by atoms with Crippen molar-refractivity contribution in [1.29, 1.82) is 0 Å². The highest BCUT2D eigenvalue weighted by atomic mass is 32.1. The minimum atomic E-state index is 0.842. The maximum atomic E-state index is 4.70. The van der Waals surface area contributed by atoms with Crippen LogP contribution in [0.3, 0.4) is 0 Å². The quantitative estimate of drug-likeness (QED) is 0.379. The average molecular weight is 113 g/mol. The van der Waals surface area contributed by atoms with E-state index >= 15 is 0 Å². The standard InChI is InChI=1S/C6H9S/c1-2-3-4-5-6-7/h4-6H2,1H3. The van der Waals surface area contributed by atoms with Gasteiger partial charge in [0.2, 0.25) is 0 Å². The molecule has 1 radical (unpaired) electrons. The summed E-state index contributed by atoms with van der Waals surface area (Å²) in [6.45, 7) is 1.85. The first-order valence-corrected chi connectivity index (χ1v) is 2.97. The van der Waals surface area contributed by atoms with Crippen LogP contribution in [0.15, 0.2) is 0 Å². The molecule has 0 aromatic carbocycles. The molecule has 0 saturated heterocycles. The summed E-state index contributed by atoms with van der Waals surface area (Å²) in [6, 6.07) is 0. The first-order chi connectivity index (χ1) is 3.41. The molecule has 0 aromatic heterocycles. The summed E-state index contributed by atoms with van der Waals surface area (Å²) >= 11 is 4.70. The van der Waals surface area contributed by atoms with Crippen LogP contribution < -0.4 is 0 Å². The van der Waals surface area contributed by atoms with Crippen LogP contribution in [0, 0.1) is 11.8 Å². The van der Waals surface area contributed by atoms with Crippen LogP contribution in [0.4, 0.5) is 0 Å². The molecule has 0 saturated carbocycles. The monoisotopic (exact) mass is 113 g/mol. The van der Waals surface area contributed by atoms with Crippen molar-refractivity contribution in [3.8, 4) is 11.8 Å². The summed E-state index contributed by atoms with van der Waals surface area (Å²) < 4.78 is 0. The minimum Gasteiger partial charge on any atom is -0.107 e. The third-order valence-electron chi connectivity index (χ3n) is 0.623. The molecule has 0 aliphatic carbocycles. The van der Waals surface area contributed by atoms with Crippen LogP contribution in [0.2, 0.25) is 0 Å². The van der Waals surface area contributed by atoms with Crippen molar-refractivity contribution >= 4 is 12.6 Å². The molecular formula is C6H9S. The maximum absolute atomic E-state index is 4.70. The zero-order chi connectivity index (χ0) is 5.54. The number of hydrogen-bond acceptors (Lipinski definition) is 0. The second-order valence-electron chi connectivity index (χ2n) is 1.23. The number of hydrogen-bond donors (Lipinski definition) is 0. The Labute approximate surface area is 50.7 Å². The van der Waals surface area contributed by atoms with Crippen LogP contribution in [0.5, 0.6) is 0 Å². The Hall–Kier alpha value is -0.0900. The molecule has 0 amide bonds. The van der Waals surface area contributed by atoms with E-state index in [2.05, 4.69) is 11.8 Å². The fourth-order valence-corrected chi connectivity index (χ4v) is 0.430. The van der Waals surface area contributed by atoms with Gasteiger partial charge in [-0.05, 0) is 13.3 Å². The van der Waals surface area contributed by atoms with Crippen molar-refractivity contribution < 1.29 is 0 Å². The molecule has 0 fully saturated rings. The Morgan fingerprint density at radius 3 is 2.71 bits per heavy atom. The van der Waals surface area contributed by atoms with Crippen molar-refractivity contribution in [2.45, 2.75) is 19.8 Å².